The van der Waals surface area contributed by atoms with Crippen LogP contribution >= 0.6 is 11.6 Å². The number of likely N-dealkylation sites (tertiary alicyclic amines) is 1. The van der Waals surface area contributed by atoms with E-state index < -0.39 is 0 Å². The standard InChI is InChI=1S/C20H29ClN4O2.C3H6O/c1-13(22-18-9-16(14-3-4-14)17(21)10-19(18)26)20(27)25-7-5-24(6-8-25)15-11-23(2)12-15;1-2-3-4/h9-10,13-15,22,26H,3-8,11-12H2,1-2H3;3H,2H2,1H3/t13-;/m0./s1. The highest BCUT2D eigenvalue weighted by Gasteiger charge is 2.33. The van der Waals surface area contributed by atoms with E-state index >= 15 is 0 Å². The van der Waals surface area contributed by atoms with Gasteiger partial charge in [0.25, 0.3) is 0 Å². The predicted octanol–water partition coefficient (Wildman–Crippen LogP) is 2.78. The van der Waals surface area contributed by atoms with E-state index in [9.17, 15) is 14.7 Å². The molecule has 31 heavy (non-hydrogen) atoms. The van der Waals surface area contributed by atoms with Gasteiger partial charge < -0.3 is 25.0 Å². The summed E-state index contributed by atoms with van der Waals surface area (Å²) in [5.74, 6) is 0.675. The second kappa shape index (κ2) is 10.7. The van der Waals surface area contributed by atoms with Gasteiger partial charge in [-0.25, -0.2) is 0 Å². The highest BCUT2D eigenvalue weighted by atomic mass is 35.5. The predicted molar refractivity (Wildman–Crippen MR) is 124 cm³/mol. The van der Waals surface area contributed by atoms with Crippen LogP contribution in [-0.2, 0) is 9.59 Å². The largest absolute Gasteiger partial charge is 0.506 e. The zero-order chi connectivity index (χ0) is 22.5. The van der Waals surface area contributed by atoms with Gasteiger partial charge in [0.2, 0.25) is 5.91 Å². The smallest absolute Gasteiger partial charge is 0.244 e. The SMILES string of the molecule is CCC=O.C[C@H](Nc1cc(C2CC2)c(Cl)cc1O)C(=O)N1CCN(C2CN(C)C2)CC1. The number of aldehydes is 1. The summed E-state index contributed by atoms with van der Waals surface area (Å²) in [6, 6.07) is 3.76. The molecule has 0 unspecified atom stereocenters. The number of phenols is 1. The Balaban J connectivity index is 0.000000628. The Morgan fingerprint density at radius 1 is 1.26 bits per heavy atom. The summed E-state index contributed by atoms with van der Waals surface area (Å²) in [6.07, 6.45) is 3.79. The van der Waals surface area contributed by atoms with Gasteiger partial charge in [-0.15, -0.1) is 0 Å². The minimum Gasteiger partial charge on any atom is -0.506 e. The number of piperazine rings is 1. The molecule has 0 radical (unpaired) electrons. The Morgan fingerprint density at radius 3 is 2.39 bits per heavy atom. The van der Waals surface area contributed by atoms with Crippen LogP contribution in [0.2, 0.25) is 5.02 Å². The first kappa shape index (κ1) is 23.8. The topological polar surface area (TPSA) is 76.1 Å². The number of benzene rings is 1. The van der Waals surface area contributed by atoms with Crippen LogP contribution in [0, 0.1) is 0 Å². The number of carbonyl (C=O) groups is 2. The quantitative estimate of drug-likeness (QED) is 0.512. The first-order valence-electron chi connectivity index (χ1n) is 11.3. The Hall–Kier alpha value is -1.83. The van der Waals surface area contributed by atoms with Crippen molar-refractivity contribution >= 4 is 29.5 Å². The van der Waals surface area contributed by atoms with Gasteiger partial charge >= 0.3 is 0 Å². The number of carbonyl (C=O) groups excluding carboxylic acids is 2. The molecule has 0 aromatic heterocycles. The Morgan fingerprint density at radius 2 is 1.87 bits per heavy atom. The molecule has 1 saturated carbocycles. The molecule has 0 bridgehead atoms. The lowest BCUT2D eigenvalue weighted by Crippen LogP contribution is -2.62. The number of anilines is 1. The lowest BCUT2D eigenvalue weighted by atomic mass is 10.1. The monoisotopic (exact) mass is 450 g/mol. The molecule has 1 aromatic rings. The van der Waals surface area contributed by atoms with Crippen molar-refractivity contribution in [2.75, 3.05) is 51.6 Å². The lowest BCUT2D eigenvalue weighted by molar-refractivity contribution is -0.134. The third-order valence-corrected chi connectivity index (χ3v) is 6.56. The second-order valence-corrected chi connectivity index (χ2v) is 9.25. The maximum absolute atomic E-state index is 12.9. The van der Waals surface area contributed by atoms with Crippen molar-refractivity contribution in [3.8, 4) is 5.75 Å². The number of halogens is 1. The molecule has 0 spiro atoms. The molecular weight excluding hydrogens is 416 g/mol. The van der Waals surface area contributed by atoms with Crippen LogP contribution in [0.3, 0.4) is 0 Å². The maximum atomic E-state index is 12.9. The van der Waals surface area contributed by atoms with Crippen molar-refractivity contribution in [3.63, 3.8) is 0 Å². The number of rotatable bonds is 6. The van der Waals surface area contributed by atoms with Crippen molar-refractivity contribution in [2.45, 2.75) is 51.1 Å². The van der Waals surface area contributed by atoms with Gasteiger partial charge in [0.1, 0.15) is 18.1 Å². The van der Waals surface area contributed by atoms with Crippen molar-refractivity contribution in [3.05, 3.63) is 22.7 Å². The fraction of sp³-hybridized carbons (Fsp3) is 0.652. The highest BCUT2D eigenvalue weighted by molar-refractivity contribution is 6.31. The molecule has 1 aromatic carbocycles. The average molecular weight is 451 g/mol. The molecule has 2 N–H and O–H groups in total. The number of amides is 1. The summed E-state index contributed by atoms with van der Waals surface area (Å²) in [6.45, 7) is 9.35. The Labute approximate surface area is 190 Å². The molecule has 7 nitrogen and oxygen atoms in total. The molecule has 1 amide bonds. The van der Waals surface area contributed by atoms with E-state index in [-0.39, 0.29) is 17.7 Å². The normalized spacial score (nSPS) is 21.0. The summed E-state index contributed by atoms with van der Waals surface area (Å²) in [5, 5.41) is 14.0. The highest BCUT2D eigenvalue weighted by Crippen LogP contribution is 2.46. The van der Waals surface area contributed by atoms with Gasteiger partial charge in [-0.2, -0.15) is 0 Å². The van der Waals surface area contributed by atoms with Crippen LogP contribution in [0.25, 0.3) is 0 Å². The van der Waals surface area contributed by atoms with Crippen LogP contribution < -0.4 is 5.32 Å². The first-order chi connectivity index (χ1) is 14.8. The number of phenolic OH excluding ortho intramolecular Hbond substituents is 1. The van der Waals surface area contributed by atoms with Crippen LogP contribution in [0.1, 0.15) is 44.6 Å². The molecule has 172 valence electrons. The minimum atomic E-state index is -0.384. The summed E-state index contributed by atoms with van der Waals surface area (Å²) in [7, 11) is 2.14. The van der Waals surface area contributed by atoms with Gasteiger partial charge in [-0.1, -0.05) is 18.5 Å². The molecule has 3 fully saturated rings. The van der Waals surface area contributed by atoms with Crippen molar-refractivity contribution in [2.24, 2.45) is 0 Å². The van der Waals surface area contributed by atoms with Gasteiger partial charge in [-0.05, 0) is 44.4 Å². The van der Waals surface area contributed by atoms with E-state index in [0.717, 1.165) is 64.0 Å². The molecule has 8 heteroatoms. The lowest BCUT2D eigenvalue weighted by Gasteiger charge is -2.47. The van der Waals surface area contributed by atoms with Crippen LogP contribution in [-0.4, -0.2) is 90.4 Å². The molecule has 2 aliphatic heterocycles. The number of hydrogen-bond donors (Lipinski definition) is 2. The molecule has 4 rings (SSSR count). The first-order valence-corrected chi connectivity index (χ1v) is 11.7. The number of nitrogens with zero attached hydrogens (tertiary/aromatic N) is 3. The van der Waals surface area contributed by atoms with E-state index in [2.05, 4.69) is 22.2 Å². The fourth-order valence-electron chi connectivity index (χ4n) is 4.18. The third-order valence-electron chi connectivity index (χ3n) is 6.23. The molecule has 2 saturated heterocycles. The molecule has 1 aliphatic carbocycles. The molecule has 2 heterocycles. The number of likely N-dealkylation sites (N-methyl/N-ethyl adjacent to an activating group) is 1. The van der Waals surface area contributed by atoms with Crippen molar-refractivity contribution in [1.29, 1.82) is 0 Å². The zero-order valence-electron chi connectivity index (χ0n) is 18.8. The number of hydrogen-bond acceptors (Lipinski definition) is 6. The zero-order valence-corrected chi connectivity index (χ0v) is 19.6. The second-order valence-electron chi connectivity index (χ2n) is 8.84. The van der Waals surface area contributed by atoms with E-state index in [4.69, 9.17) is 11.6 Å². The fourth-order valence-corrected chi connectivity index (χ4v) is 4.49. The summed E-state index contributed by atoms with van der Waals surface area (Å²) in [4.78, 5) is 28.8. The average Bonchev–Trinajstić information content (AvgIpc) is 3.58. The van der Waals surface area contributed by atoms with E-state index in [1.807, 2.05) is 24.8 Å². The van der Waals surface area contributed by atoms with Gasteiger partial charge in [0, 0.05) is 62.8 Å². The van der Waals surface area contributed by atoms with Gasteiger partial charge in [0.05, 0.1) is 5.69 Å². The van der Waals surface area contributed by atoms with Crippen molar-refractivity contribution in [1.82, 2.24) is 14.7 Å². The molecule has 1 atom stereocenters. The van der Waals surface area contributed by atoms with E-state index in [0.29, 0.717) is 29.1 Å². The van der Waals surface area contributed by atoms with Crippen LogP contribution in [0.5, 0.6) is 5.75 Å². The summed E-state index contributed by atoms with van der Waals surface area (Å²) < 4.78 is 0. The Kier molecular flexibility index (Phi) is 8.19. The summed E-state index contributed by atoms with van der Waals surface area (Å²) in [5.41, 5.74) is 1.66. The van der Waals surface area contributed by atoms with E-state index in [1.165, 1.54) is 0 Å². The third kappa shape index (κ3) is 6.11. The van der Waals surface area contributed by atoms with E-state index in [1.54, 1.807) is 6.07 Å². The van der Waals surface area contributed by atoms with Crippen LogP contribution in [0.15, 0.2) is 12.1 Å². The van der Waals surface area contributed by atoms with Gasteiger partial charge in [-0.3, -0.25) is 9.69 Å². The van der Waals surface area contributed by atoms with Crippen molar-refractivity contribution < 1.29 is 14.7 Å². The Bertz CT molecular complexity index is 772. The summed E-state index contributed by atoms with van der Waals surface area (Å²) >= 11 is 6.25. The molecular formula is C23H35ClN4O3. The number of aromatic hydroxyl groups is 1. The van der Waals surface area contributed by atoms with Crippen LogP contribution in [0.4, 0.5) is 5.69 Å². The minimum absolute atomic E-state index is 0.0858. The van der Waals surface area contributed by atoms with Gasteiger partial charge in [0.15, 0.2) is 0 Å². The molecule has 3 aliphatic rings. The maximum Gasteiger partial charge on any atom is 0.244 e. The number of nitrogens with one attached hydrogen (secondary N) is 1.